The number of amides is 1. The van der Waals surface area contributed by atoms with Crippen molar-refractivity contribution in [3.8, 4) is 0 Å². The number of aromatic nitrogens is 1. The summed E-state index contributed by atoms with van der Waals surface area (Å²) >= 11 is 0. The summed E-state index contributed by atoms with van der Waals surface area (Å²) in [6.07, 6.45) is 19.7. The van der Waals surface area contributed by atoms with E-state index in [1.165, 1.54) is 64.2 Å². The molecule has 1 saturated heterocycles. The number of carbonyl (C=O) groups excluding carboxylic acids is 1. The van der Waals surface area contributed by atoms with Gasteiger partial charge in [-0.25, -0.2) is 4.98 Å². The summed E-state index contributed by atoms with van der Waals surface area (Å²) in [6.45, 7) is 11.5. The summed E-state index contributed by atoms with van der Waals surface area (Å²) in [4.78, 5) is 22.1. The van der Waals surface area contributed by atoms with E-state index in [1.807, 2.05) is 19.1 Å². The van der Waals surface area contributed by atoms with Gasteiger partial charge in [-0.1, -0.05) is 101 Å². The van der Waals surface area contributed by atoms with E-state index in [0.717, 1.165) is 76.2 Å². The number of benzene rings is 1. The molecular weight excluding hydrogens is 596 g/mol. The van der Waals surface area contributed by atoms with Crippen LogP contribution in [-0.2, 0) is 14.3 Å². The molecule has 0 radical (unpaired) electrons. The normalized spacial score (nSPS) is 14.2. The van der Waals surface area contributed by atoms with Crippen LogP contribution in [0.1, 0.15) is 126 Å². The lowest BCUT2D eigenvalue weighted by molar-refractivity contribution is 0.0952. The quantitative estimate of drug-likeness (QED) is 0.0960. The molecule has 1 aliphatic heterocycles. The molecule has 0 unspecified atom stereocenters. The second-order valence-corrected chi connectivity index (χ2v) is 14.8. The number of rotatable bonds is 23. The molecule has 2 aromatic rings. The van der Waals surface area contributed by atoms with Gasteiger partial charge in [0.05, 0.1) is 17.1 Å². The first kappa shape index (κ1) is 38.0. The minimum Gasteiger partial charge on any atom is -0.354 e. The Morgan fingerprint density at radius 1 is 0.761 bits per heavy atom. The number of carbonyl (C=O) groups is 1. The second kappa shape index (κ2) is 21.4. The molecule has 1 N–H and O–H groups in total. The van der Waals surface area contributed by atoms with E-state index in [2.05, 4.69) is 33.9 Å². The number of unbranched alkanes of at least 4 members (excludes halogenated alkanes) is 14. The van der Waals surface area contributed by atoms with E-state index >= 15 is 0 Å². The molecule has 2 heterocycles. The van der Waals surface area contributed by atoms with Crippen molar-refractivity contribution in [3.05, 3.63) is 53.7 Å². The van der Waals surface area contributed by atoms with Crippen molar-refractivity contribution in [2.45, 2.75) is 128 Å². The van der Waals surface area contributed by atoms with Gasteiger partial charge in [-0.3, -0.25) is 13.9 Å². The van der Waals surface area contributed by atoms with E-state index in [-0.39, 0.29) is 17.4 Å². The van der Waals surface area contributed by atoms with Gasteiger partial charge in [0, 0.05) is 45.0 Å². The minimum atomic E-state index is -3.63. The molecule has 46 heavy (non-hydrogen) atoms. The molecule has 0 aliphatic carbocycles. The smallest absolute Gasteiger partial charge is 0.296 e. The Balaban J connectivity index is 1.06. The Morgan fingerprint density at radius 2 is 1.28 bits per heavy atom. The van der Waals surface area contributed by atoms with Crippen LogP contribution in [0.4, 0.5) is 5.82 Å². The highest BCUT2D eigenvalue weighted by Gasteiger charge is 2.20. The van der Waals surface area contributed by atoms with Crippen LogP contribution in [0.25, 0.3) is 0 Å². The van der Waals surface area contributed by atoms with Gasteiger partial charge in [-0.05, 0) is 57.9 Å². The average molecular weight is 657 g/mol. The summed E-state index contributed by atoms with van der Waals surface area (Å²) in [6, 6.07) is 11.2. The van der Waals surface area contributed by atoms with E-state index < -0.39 is 10.1 Å². The summed E-state index contributed by atoms with van der Waals surface area (Å²) < 4.78 is 29.6. The first-order chi connectivity index (χ1) is 22.3. The molecule has 0 saturated carbocycles. The van der Waals surface area contributed by atoms with Crippen LogP contribution in [-0.4, -0.2) is 69.6 Å². The van der Waals surface area contributed by atoms with E-state index in [9.17, 15) is 13.2 Å². The zero-order valence-corrected chi connectivity index (χ0v) is 29.7. The SMILES string of the molecule is Cc1ccc(S(=O)(=O)OCCCCCCCCCCCCCCCCCNC(=O)c2ccc(N3CCN(C(C)C)CC3)nc2)cc1. The van der Waals surface area contributed by atoms with Gasteiger partial charge in [0.15, 0.2) is 0 Å². The standard InChI is InChI=1S/C37H60N4O4S/c1-32(2)40-26-28-41(29-27-40)36-24-21-34(31-39-36)37(42)38-25-17-15-13-11-9-7-5-4-6-8-10-12-14-16-18-30-45-46(43,44)35-22-19-33(3)20-23-35/h19-24,31-32H,4-18,25-30H2,1-3H3,(H,38,42). The molecule has 1 aromatic carbocycles. The molecular formula is C37H60N4O4S. The molecule has 1 amide bonds. The van der Waals surface area contributed by atoms with Crippen LogP contribution in [0.2, 0.25) is 0 Å². The Labute approximate surface area is 279 Å². The highest BCUT2D eigenvalue weighted by Crippen LogP contribution is 2.17. The largest absolute Gasteiger partial charge is 0.354 e. The van der Waals surface area contributed by atoms with Crippen molar-refractivity contribution < 1.29 is 17.4 Å². The number of anilines is 1. The van der Waals surface area contributed by atoms with Crippen LogP contribution < -0.4 is 10.2 Å². The predicted molar refractivity (Wildman–Crippen MR) is 189 cm³/mol. The highest BCUT2D eigenvalue weighted by molar-refractivity contribution is 7.86. The molecule has 9 heteroatoms. The number of hydrogen-bond donors (Lipinski definition) is 1. The maximum absolute atomic E-state index is 12.5. The number of pyridine rings is 1. The van der Waals surface area contributed by atoms with Gasteiger partial charge in [0.2, 0.25) is 0 Å². The highest BCUT2D eigenvalue weighted by atomic mass is 32.2. The summed E-state index contributed by atoms with van der Waals surface area (Å²) in [5, 5.41) is 3.05. The predicted octanol–water partition coefficient (Wildman–Crippen LogP) is 7.91. The van der Waals surface area contributed by atoms with Crippen LogP contribution in [0.15, 0.2) is 47.5 Å². The van der Waals surface area contributed by atoms with Gasteiger partial charge in [-0.2, -0.15) is 8.42 Å². The third-order valence-electron chi connectivity index (χ3n) is 9.03. The van der Waals surface area contributed by atoms with Crippen molar-refractivity contribution in [2.75, 3.05) is 44.2 Å². The van der Waals surface area contributed by atoms with Gasteiger partial charge in [0.25, 0.3) is 16.0 Å². The summed E-state index contributed by atoms with van der Waals surface area (Å²) in [7, 11) is -3.63. The van der Waals surface area contributed by atoms with Crippen molar-refractivity contribution in [1.29, 1.82) is 0 Å². The third-order valence-corrected chi connectivity index (χ3v) is 10.4. The van der Waals surface area contributed by atoms with E-state index in [1.54, 1.807) is 30.5 Å². The molecule has 0 bridgehead atoms. The number of nitrogens with one attached hydrogen (secondary N) is 1. The number of aryl methyl sites for hydroxylation is 1. The zero-order valence-electron chi connectivity index (χ0n) is 28.9. The monoisotopic (exact) mass is 656 g/mol. The van der Waals surface area contributed by atoms with Crippen LogP contribution >= 0.6 is 0 Å². The Bertz CT molecular complexity index is 1210. The lowest BCUT2D eigenvalue weighted by Gasteiger charge is -2.37. The van der Waals surface area contributed by atoms with Crippen molar-refractivity contribution in [1.82, 2.24) is 15.2 Å². The number of piperazine rings is 1. The molecule has 1 fully saturated rings. The van der Waals surface area contributed by atoms with Crippen molar-refractivity contribution >= 4 is 21.8 Å². The van der Waals surface area contributed by atoms with Crippen LogP contribution in [0, 0.1) is 6.92 Å². The Hall–Kier alpha value is -2.49. The van der Waals surface area contributed by atoms with Gasteiger partial charge < -0.3 is 10.2 Å². The van der Waals surface area contributed by atoms with Crippen molar-refractivity contribution in [3.63, 3.8) is 0 Å². The van der Waals surface area contributed by atoms with Crippen LogP contribution in [0.5, 0.6) is 0 Å². The number of hydrogen-bond acceptors (Lipinski definition) is 7. The molecule has 258 valence electrons. The lowest BCUT2D eigenvalue weighted by Crippen LogP contribution is -2.49. The molecule has 1 aromatic heterocycles. The molecule has 0 spiro atoms. The molecule has 3 rings (SSSR count). The molecule has 1 aliphatic rings. The molecule has 0 atom stereocenters. The second-order valence-electron chi connectivity index (χ2n) is 13.2. The first-order valence-electron chi connectivity index (χ1n) is 18.0. The van der Waals surface area contributed by atoms with Crippen LogP contribution in [0.3, 0.4) is 0 Å². The maximum Gasteiger partial charge on any atom is 0.296 e. The molecule has 8 nitrogen and oxygen atoms in total. The lowest BCUT2D eigenvalue weighted by atomic mass is 10.0. The van der Waals surface area contributed by atoms with Gasteiger partial charge >= 0.3 is 0 Å². The summed E-state index contributed by atoms with van der Waals surface area (Å²) in [5.41, 5.74) is 1.67. The average Bonchev–Trinajstić information content (AvgIpc) is 3.06. The fourth-order valence-corrected chi connectivity index (χ4v) is 6.89. The first-order valence-corrected chi connectivity index (χ1v) is 19.4. The van der Waals surface area contributed by atoms with Gasteiger partial charge in [-0.15, -0.1) is 0 Å². The van der Waals surface area contributed by atoms with E-state index in [0.29, 0.717) is 11.6 Å². The van der Waals surface area contributed by atoms with Crippen molar-refractivity contribution in [2.24, 2.45) is 0 Å². The Kier molecular flexibility index (Phi) is 17.7. The van der Waals surface area contributed by atoms with Gasteiger partial charge in [0.1, 0.15) is 5.82 Å². The zero-order chi connectivity index (χ0) is 33.0. The Morgan fingerprint density at radius 3 is 1.78 bits per heavy atom. The number of nitrogens with zero attached hydrogens (tertiary/aromatic N) is 3. The third kappa shape index (κ3) is 14.5. The summed E-state index contributed by atoms with van der Waals surface area (Å²) in [5.74, 6) is 0.933. The minimum absolute atomic E-state index is 0.0273. The fraction of sp³-hybridized carbons (Fsp3) is 0.676. The topological polar surface area (TPSA) is 91.8 Å². The maximum atomic E-state index is 12.5. The van der Waals surface area contributed by atoms with E-state index in [4.69, 9.17) is 4.18 Å². The fourth-order valence-electron chi connectivity index (χ4n) is 5.95.